The second kappa shape index (κ2) is 5.09. The van der Waals surface area contributed by atoms with Crippen molar-refractivity contribution >= 4 is 22.7 Å². The molecule has 1 aromatic heterocycles. The molecule has 1 heterocycles. The van der Waals surface area contributed by atoms with Crippen LogP contribution >= 0.6 is 0 Å². The maximum absolute atomic E-state index is 12.1. The lowest BCUT2D eigenvalue weighted by atomic mass is 10.3. The molecule has 0 N–H and O–H groups in total. The smallest absolute Gasteiger partial charge is 0.317 e. The minimum atomic E-state index is -0.433. The number of carbonyl (C=O) groups excluding carboxylic acids is 1. The minimum Gasteiger partial charge on any atom is -0.317 e. The molecule has 4 heteroatoms. The normalized spacial score (nSPS) is 10.4. The van der Waals surface area contributed by atoms with Gasteiger partial charge < -0.3 is 4.84 Å². The van der Waals surface area contributed by atoms with Crippen LogP contribution in [0.4, 0.5) is 10.5 Å². The molecule has 0 spiro atoms. The molecule has 0 radical (unpaired) electrons. The van der Waals surface area contributed by atoms with E-state index in [2.05, 4.69) is 0 Å². The molecule has 3 aromatic rings. The number of carbonyl (C=O) groups is 1. The van der Waals surface area contributed by atoms with Gasteiger partial charge in [0, 0.05) is 24.3 Å². The van der Waals surface area contributed by atoms with Gasteiger partial charge >= 0.3 is 6.09 Å². The molecule has 0 aliphatic carbocycles. The molecule has 1 amide bonds. The second-order valence-electron chi connectivity index (χ2n) is 4.45. The molecule has 0 unspecified atom stereocenters. The number of anilines is 1. The summed E-state index contributed by atoms with van der Waals surface area (Å²) in [5, 5.41) is 1.03. The van der Waals surface area contributed by atoms with E-state index in [1.165, 1.54) is 9.63 Å². The van der Waals surface area contributed by atoms with Crippen LogP contribution in [0.5, 0.6) is 0 Å². The molecule has 0 saturated carbocycles. The Morgan fingerprint density at radius 2 is 1.70 bits per heavy atom. The number of aromatic nitrogens is 1. The first-order valence-electron chi connectivity index (χ1n) is 6.33. The van der Waals surface area contributed by atoms with Gasteiger partial charge in [0.05, 0.1) is 5.52 Å². The molecular weight excluding hydrogens is 252 g/mol. The molecule has 0 aliphatic rings. The number of para-hydroxylation sites is 2. The van der Waals surface area contributed by atoms with Gasteiger partial charge in [0.2, 0.25) is 0 Å². The van der Waals surface area contributed by atoms with Crippen LogP contribution in [0.3, 0.4) is 0 Å². The Hall–Kier alpha value is -2.75. The third-order valence-electron chi connectivity index (χ3n) is 3.16. The molecule has 0 atom stereocenters. The van der Waals surface area contributed by atoms with E-state index in [1.54, 1.807) is 13.2 Å². The highest BCUT2D eigenvalue weighted by atomic mass is 16.7. The molecule has 0 saturated heterocycles. The second-order valence-corrected chi connectivity index (χ2v) is 4.45. The topological polar surface area (TPSA) is 34.5 Å². The zero-order valence-corrected chi connectivity index (χ0v) is 11.1. The summed E-state index contributed by atoms with van der Waals surface area (Å²) in [7, 11) is 1.68. The molecule has 20 heavy (non-hydrogen) atoms. The number of rotatable bonds is 2. The highest BCUT2D eigenvalue weighted by Gasteiger charge is 2.14. The third-order valence-corrected chi connectivity index (χ3v) is 3.16. The SMILES string of the molecule is CN(C(=O)On1ccc2ccccc21)c1ccccc1. The van der Waals surface area contributed by atoms with Crippen molar-refractivity contribution in [2.75, 3.05) is 11.9 Å². The standard InChI is InChI=1S/C16H14N2O2/c1-17(14-8-3-2-4-9-14)16(19)20-18-12-11-13-7-5-6-10-15(13)18/h2-12H,1H3. The molecule has 100 valence electrons. The Morgan fingerprint density at radius 3 is 2.50 bits per heavy atom. The first-order valence-corrected chi connectivity index (χ1v) is 6.33. The van der Waals surface area contributed by atoms with Crippen molar-refractivity contribution in [1.29, 1.82) is 0 Å². The number of nitrogens with zero attached hydrogens (tertiary/aromatic N) is 2. The lowest BCUT2D eigenvalue weighted by molar-refractivity contribution is 0.147. The van der Waals surface area contributed by atoms with Gasteiger partial charge in [-0.15, -0.1) is 0 Å². The Bertz CT molecular complexity index is 734. The highest BCUT2D eigenvalue weighted by Crippen LogP contribution is 2.15. The van der Waals surface area contributed by atoms with Crippen LogP contribution < -0.4 is 9.74 Å². The van der Waals surface area contributed by atoms with Crippen LogP contribution in [0.1, 0.15) is 0 Å². The Balaban J connectivity index is 1.82. The zero-order chi connectivity index (χ0) is 13.9. The van der Waals surface area contributed by atoms with E-state index >= 15 is 0 Å². The van der Waals surface area contributed by atoms with E-state index in [0.29, 0.717) is 0 Å². The van der Waals surface area contributed by atoms with Gasteiger partial charge in [0.1, 0.15) is 0 Å². The van der Waals surface area contributed by atoms with Crippen molar-refractivity contribution in [3.05, 3.63) is 66.9 Å². The maximum atomic E-state index is 12.1. The average molecular weight is 266 g/mol. The summed E-state index contributed by atoms with van der Waals surface area (Å²) in [5.41, 5.74) is 1.65. The van der Waals surface area contributed by atoms with Crippen molar-refractivity contribution in [1.82, 2.24) is 4.73 Å². The van der Waals surface area contributed by atoms with Gasteiger partial charge in [-0.2, -0.15) is 4.73 Å². The first-order chi connectivity index (χ1) is 9.75. The number of hydrogen-bond donors (Lipinski definition) is 0. The predicted molar refractivity (Wildman–Crippen MR) is 78.8 cm³/mol. The number of hydrogen-bond acceptors (Lipinski definition) is 2. The van der Waals surface area contributed by atoms with Crippen molar-refractivity contribution in [3.63, 3.8) is 0 Å². The van der Waals surface area contributed by atoms with Crippen LogP contribution in [0, 0.1) is 0 Å². The monoisotopic (exact) mass is 266 g/mol. The Labute approximate surface area is 116 Å². The van der Waals surface area contributed by atoms with E-state index in [9.17, 15) is 4.79 Å². The summed E-state index contributed by atoms with van der Waals surface area (Å²) in [5.74, 6) is 0. The summed E-state index contributed by atoms with van der Waals surface area (Å²) in [6, 6.07) is 19.0. The Morgan fingerprint density at radius 1 is 1.00 bits per heavy atom. The summed E-state index contributed by atoms with van der Waals surface area (Å²) in [6.07, 6.45) is 1.30. The van der Waals surface area contributed by atoms with Gasteiger partial charge in [0.25, 0.3) is 0 Å². The van der Waals surface area contributed by atoms with E-state index < -0.39 is 6.09 Å². The van der Waals surface area contributed by atoms with E-state index in [4.69, 9.17) is 4.84 Å². The third kappa shape index (κ3) is 2.23. The highest BCUT2D eigenvalue weighted by molar-refractivity contribution is 5.88. The molecule has 0 bridgehead atoms. The number of amides is 1. The van der Waals surface area contributed by atoms with Crippen LogP contribution in [-0.4, -0.2) is 17.9 Å². The molecular formula is C16H14N2O2. The summed E-state index contributed by atoms with van der Waals surface area (Å²) in [6.45, 7) is 0. The van der Waals surface area contributed by atoms with Crippen molar-refractivity contribution in [2.45, 2.75) is 0 Å². The first kappa shape index (κ1) is 12.3. The quantitative estimate of drug-likeness (QED) is 0.713. The van der Waals surface area contributed by atoms with E-state index in [1.807, 2.05) is 60.7 Å². The van der Waals surface area contributed by atoms with Crippen molar-refractivity contribution < 1.29 is 9.63 Å². The minimum absolute atomic E-state index is 0.433. The fourth-order valence-electron chi connectivity index (χ4n) is 2.04. The fraction of sp³-hybridized carbons (Fsp3) is 0.0625. The molecule has 2 aromatic carbocycles. The fourth-order valence-corrected chi connectivity index (χ4v) is 2.04. The maximum Gasteiger partial charge on any atom is 0.438 e. The molecule has 4 nitrogen and oxygen atoms in total. The van der Waals surface area contributed by atoms with E-state index in [0.717, 1.165) is 16.6 Å². The summed E-state index contributed by atoms with van der Waals surface area (Å²) < 4.78 is 1.48. The van der Waals surface area contributed by atoms with Crippen molar-refractivity contribution in [3.8, 4) is 0 Å². The molecule has 3 rings (SSSR count). The Kier molecular flexibility index (Phi) is 3.13. The lowest BCUT2D eigenvalue weighted by Gasteiger charge is -2.17. The average Bonchev–Trinajstić information content (AvgIpc) is 2.91. The van der Waals surface area contributed by atoms with Gasteiger partial charge in [-0.3, -0.25) is 4.90 Å². The van der Waals surface area contributed by atoms with E-state index in [-0.39, 0.29) is 0 Å². The van der Waals surface area contributed by atoms with Crippen LogP contribution in [0.2, 0.25) is 0 Å². The molecule has 0 aliphatic heterocycles. The summed E-state index contributed by atoms with van der Waals surface area (Å²) in [4.78, 5) is 19.0. The largest absolute Gasteiger partial charge is 0.438 e. The number of benzene rings is 2. The van der Waals surface area contributed by atoms with Crippen LogP contribution in [-0.2, 0) is 0 Å². The lowest BCUT2D eigenvalue weighted by Crippen LogP contribution is -2.33. The van der Waals surface area contributed by atoms with Gasteiger partial charge in [-0.05, 0) is 24.3 Å². The summed E-state index contributed by atoms with van der Waals surface area (Å²) >= 11 is 0. The van der Waals surface area contributed by atoms with Crippen molar-refractivity contribution in [2.24, 2.45) is 0 Å². The zero-order valence-electron chi connectivity index (χ0n) is 11.1. The van der Waals surface area contributed by atoms with Gasteiger partial charge in [-0.1, -0.05) is 36.4 Å². The van der Waals surface area contributed by atoms with Crippen LogP contribution in [0.25, 0.3) is 10.9 Å². The van der Waals surface area contributed by atoms with Crippen LogP contribution in [0.15, 0.2) is 66.9 Å². The predicted octanol–water partition coefficient (Wildman–Crippen LogP) is 3.33. The number of fused-ring (bicyclic) bond motifs is 1. The van der Waals surface area contributed by atoms with Gasteiger partial charge in [0.15, 0.2) is 0 Å². The molecule has 0 fully saturated rings. The van der Waals surface area contributed by atoms with Gasteiger partial charge in [-0.25, -0.2) is 4.79 Å².